The predicted molar refractivity (Wildman–Crippen MR) is 63.1 cm³/mol. The van der Waals surface area contributed by atoms with Gasteiger partial charge >= 0.3 is 0 Å². The minimum atomic E-state index is -0.0406. The smallest absolute Gasteiger partial charge is 0.0581 e. The van der Waals surface area contributed by atoms with Crippen LogP contribution in [0.2, 0.25) is 0 Å². The molecule has 3 heteroatoms. The highest BCUT2D eigenvalue weighted by Crippen LogP contribution is 2.25. The number of nitrogens with two attached hydrogens (primary N) is 1. The molecule has 0 amide bonds. The maximum Gasteiger partial charge on any atom is 0.0581 e. The molecule has 3 nitrogen and oxygen atoms in total. The largest absolute Gasteiger partial charge is 0.323 e. The molecule has 1 aromatic carbocycles. The Morgan fingerprint density at radius 1 is 1.07 bits per heavy atom. The lowest BCUT2D eigenvalue weighted by Crippen LogP contribution is -2.29. The third-order valence-corrected chi connectivity index (χ3v) is 2.81. The van der Waals surface area contributed by atoms with E-state index in [2.05, 4.69) is 10.2 Å². The van der Waals surface area contributed by atoms with Gasteiger partial charge in [0.15, 0.2) is 0 Å². The van der Waals surface area contributed by atoms with Crippen molar-refractivity contribution < 1.29 is 0 Å². The van der Waals surface area contributed by atoms with Crippen LogP contribution < -0.4 is 5.73 Å². The minimum absolute atomic E-state index is 0.0406. The van der Waals surface area contributed by atoms with Crippen LogP contribution >= 0.6 is 0 Å². The van der Waals surface area contributed by atoms with Crippen LogP contribution in [0.3, 0.4) is 0 Å². The SMILES string of the molecule is CC1=NN=C(C)C1C(N)c1ccccc1. The zero-order valence-electron chi connectivity index (χ0n) is 9.01. The Kier molecular flexibility index (Phi) is 2.64. The molecular weight excluding hydrogens is 186 g/mol. The first-order chi connectivity index (χ1) is 7.20. The van der Waals surface area contributed by atoms with Gasteiger partial charge in [0, 0.05) is 17.5 Å². The van der Waals surface area contributed by atoms with E-state index >= 15 is 0 Å². The van der Waals surface area contributed by atoms with Gasteiger partial charge in [-0.25, -0.2) is 0 Å². The minimum Gasteiger partial charge on any atom is -0.323 e. The summed E-state index contributed by atoms with van der Waals surface area (Å²) in [4.78, 5) is 0. The topological polar surface area (TPSA) is 50.7 Å². The second-order valence-electron chi connectivity index (χ2n) is 3.90. The molecule has 0 fully saturated rings. The van der Waals surface area contributed by atoms with Gasteiger partial charge < -0.3 is 5.73 Å². The van der Waals surface area contributed by atoms with E-state index in [1.807, 2.05) is 44.2 Å². The van der Waals surface area contributed by atoms with Crippen LogP contribution in [0.5, 0.6) is 0 Å². The van der Waals surface area contributed by atoms with Gasteiger partial charge in [-0.15, -0.1) is 0 Å². The van der Waals surface area contributed by atoms with Crippen molar-refractivity contribution in [1.82, 2.24) is 0 Å². The molecular formula is C12H15N3. The van der Waals surface area contributed by atoms with Crippen LogP contribution in [0.15, 0.2) is 40.5 Å². The van der Waals surface area contributed by atoms with E-state index in [0.29, 0.717) is 0 Å². The first-order valence-electron chi connectivity index (χ1n) is 5.09. The van der Waals surface area contributed by atoms with E-state index in [-0.39, 0.29) is 12.0 Å². The average molecular weight is 201 g/mol. The standard InChI is InChI=1S/C12H15N3/c1-8-11(9(2)15-14-8)12(13)10-6-4-3-5-7-10/h3-7,11-12H,13H2,1-2H3. The van der Waals surface area contributed by atoms with Gasteiger partial charge in [-0.2, -0.15) is 10.2 Å². The molecule has 2 N–H and O–H groups in total. The predicted octanol–water partition coefficient (Wildman–Crippen LogP) is 2.15. The summed E-state index contributed by atoms with van der Waals surface area (Å²) in [5, 5.41) is 8.14. The van der Waals surface area contributed by atoms with Crippen molar-refractivity contribution in [1.29, 1.82) is 0 Å². The summed E-state index contributed by atoms with van der Waals surface area (Å²) in [5.41, 5.74) is 9.36. The van der Waals surface area contributed by atoms with E-state index in [4.69, 9.17) is 5.73 Å². The van der Waals surface area contributed by atoms with Gasteiger partial charge in [-0.3, -0.25) is 0 Å². The molecule has 1 aliphatic heterocycles. The number of hydrogen-bond donors (Lipinski definition) is 1. The number of nitrogens with zero attached hydrogens (tertiary/aromatic N) is 2. The zero-order valence-corrected chi connectivity index (χ0v) is 9.01. The Hall–Kier alpha value is -1.48. The van der Waals surface area contributed by atoms with Crippen LogP contribution in [0.4, 0.5) is 0 Å². The Morgan fingerprint density at radius 2 is 1.60 bits per heavy atom. The summed E-state index contributed by atoms with van der Waals surface area (Å²) in [7, 11) is 0. The van der Waals surface area contributed by atoms with Gasteiger partial charge in [0.2, 0.25) is 0 Å². The molecule has 15 heavy (non-hydrogen) atoms. The fraction of sp³-hybridized carbons (Fsp3) is 0.333. The van der Waals surface area contributed by atoms with Gasteiger partial charge in [0.05, 0.1) is 5.92 Å². The van der Waals surface area contributed by atoms with Crippen molar-refractivity contribution in [2.24, 2.45) is 21.9 Å². The Morgan fingerprint density at radius 3 is 2.13 bits per heavy atom. The highest BCUT2D eigenvalue weighted by molar-refractivity contribution is 6.09. The van der Waals surface area contributed by atoms with Crippen LogP contribution in [-0.2, 0) is 0 Å². The van der Waals surface area contributed by atoms with Crippen molar-refractivity contribution >= 4 is 11.4 Å². The van der Waals surface area contributed by atoms with E-state index in [9.17, 15) is 0 Å². The van der Waals surface area contributed by atoms with Crippen LogP contribution in [0.25, 0.3) is 0 Å². The molecule has 0 radical (unpaired) electrons. The Labute approximate surface area is 89.7 Å². The van der Waals surface area contributed by atoms with E-state index in [1.54, 1.807) is 0 Å². The zero-order chi connectivity index (χ0) is 10.8. The molecule has 0 saturated heterocycles. The van der Waals surface area contributed by atoms with E-state index < -0.39 is 0 Å². The number of hydrogen-bond acceptors (Lipinski definition) is 3. The van der Waals surface area contributed by atoms with Crippen molar-refractivity contribution in [3.8, 4) is 0 Å². The summed E-state index contributed by atoms with van der Waals surface area (Å²) in [5.74, 6) is 0.160. The van der Waals surface area contributed by atoms with E-state index in [0.717, 1.165) is 17.0 Å². The maximum absolute atomic E-state index is 6.22. The maximum atomic E-state index is 6.22. The fourth-order valence-electron chi connectivity index (χ4n) is 1.97. The molecule has 0 bridgehead atoms. The summed E-state index contributed by atoms with van der Waals surface area (Å²) < 4.78 is 0. The highest BCUT2D eigenvalue weighted by atomic mass is 15.2. The summed E-state index contributed by atoms with van der Waals surface area (Å²) >= 11 is 0. The van der Waals surface area contributed by atoms with Crippen molar-refractivity contribution in [2.45, 2.75) is 19.9 Å². The molecule has 1 aromatic rings. The number of benzene rings is 1. The molecule has 1 aliphatic rings. The van der Waals surface area contributed by atoms with Crippen LogP contribution in [-0.4, -0.2) is 11.4 Å². The van der Waals surface area contributed by atoms with Gasteiger partial charge in [-0.05, 0) is 19.4 Å². The third-order valence-electron chi connectivity index (χ3n) is 2.81. The van der Waals surface area contributed by atoms with Gasteiger partial charge in [0.25, 0.3) is 0 Å². The Bertz CT molecular complexity index is 388. The van der Waals surface area contributed by atoms with Crippen molar-refractivity contribution in [3.05, 3.63) is 35.9 Å². The molecule has 0 spiro atoms. The Balaban J connectivity index is 2.26. The normalized spacial score (nSPS) is 18.6. The first kappa shape index (κ1) is 10.1. The van der Waals surface area contributed by atoms with Crippen LogP contribution in [0.1, 0.15) is 25.5 Å². The molecule has 78 valence electrons. The molecule has 1 unspecified atom stereocenters. The quantitative estimate of drug-likeness (QED) is 0.783. The summed E-state index contributed by atoms with van der Waals surface area (Å²) in [6.45, 7) is 3.96. The summed E-state index contributed by atoms with van der Waals surface area (Å²) in [6, 6.07) is 10.0. The molecule has 0 aliphatic carbocycles. The lowest BCUT2D eigenvalue weighted by molar-refractivity contribution is 0.678. The molecule has 1 heterocycles. The van der Waals surface area contributed by atoms with Gasteiger partial charge in [-0.1, -0.05) is 30.3 Å². The first-order valence-corrected chi connectivity index (χ1v) is 5.09. The second kappa shape index (κ2) is 3.95. The highest BCUT2D eigenvalue weighted by Gasteiger charge is 2.28. The lowest BCUT2D eigenvalue weighted by Gasteiger charge is -2.19. The molecule has 2 rings (SSSR count). The van der Waals surface area contributed by atoms with Crippen LogP contribution in [0, 0.1) is 5.92 Å². The molecule has 1 atom stereocenters. The van der Waals surface area contributed by atoms with Crippen molar-refractivity contribution in [2.75, 3.05) is 0 Å². The molecule has 0 saturated carbocycles. The monoisotopic (exact) mass is 201 g/mol. The van der Waals surface area contributed by atoms with Crippen molar-refractivity contribution in [3.63, 3.8) is 0 Å². The third kappa shape index (κ3) is 1.83. The van der Waals surface area contributed by atoms with Gasteiger partial charge in [0.1, 0.15) is 0 Å². The fourth-order valence-corrected chi connectivity index (χ4v) is 1.97. The lowest BCUT2D eigenvalue weighted by atomic mass is 9.87. The molecule has 0 aromatic heterocycles. The number of rotatable bonds is 2. The summed E-state index contributed by atoms with van der Waals surface area (Å²) in [6.07, 6.45) is 0. The average Bonchev–Trinajstić information content (AvgIpc) is 2.59. The second-order valence-corrected chi connectivity index (χ2v) is 3.90. The van der Waals surface area contributed by atoms with E-state index in [1.165, 1.54) is 0 Å².